The van der Waals surface area contributed by atoms with Crippen molar-refractivity contribution in [2.24, 2.45) is 5.92 Å². The molecule has 0 heterocycles. The Morgan fingerprint density at radius 1 is 0.759 bits per heavy atom. The highest BCUT2D eigenvalue weighted by Gasteiger charge is 2.42. The molecule has 0 aliphatic rings. The van der Waals surface area contributed by atoms with Gasteiger partial charge in [0.15, 0.2) is 16.6 Å². The summed E-state index contributed by atoms with van der Waals surface area (Å²) in [5.41, 5.74) is 1.03. The number of hydrogen-bond acceptors (Lipinski definition) is 10. The molecule has 0 saturated carbocycles. The van der Waals surface area contributed by atoms with Gasteiger partial charge in [-0.1, -0.05) is 97.1 Å². The Bertz CT molecular complexity index is 1370. The van der Waals surface area contributed by atoms with Gasteiger partial charge in [0.2, 0.25) is 0 Å². The number of ketones is 1. The third-order valence-electron chi connectivity index (χ3n) is 10.3. The van der Waals surface area contributed by atoms with Crippen molar-refractivity contribution in [3.8, 4) is 5.75 Å². The summed E-state index contributed by atoms with van der Waals surface area (Å²) in [6, 6.07) is 7.81. The maximum absolute atomic E-state index is 13.0. The van der Waals surface area contributed by atoms with Crippen molar-refractivity contribution < 1.29 is 46.9 Å². The van der Waals surface area contributed by atoms with Crippen LogP contribution in [0, 0.1) is 5.92 Å². The number of hydrogen-bond donors (Lipinski definition) is 0. The smallest absolute Gasteiger partial charge is 0.497 e. The first-order valence-corrected chi connectivity index (χ1v) is 24.7. The topological polar surface area (TPSA) is 116 Å². The lowest BCUT2D eigenvalue weighted by Gasteiger charge is -2.42. The van der Waals surface area contributed by atoms with Crippen LogP contribution in [0.3, 0.4) is 0 Å². The van der Waals surface area contributed by atoms with Crippen LogP contribution in [0.2, 0.25) is 36.3 Å². The minimum absolute atomic E-state index is 0.0180. The minimum Gasteiger partial charge on any atom is -0.497 e. The van der Waals surface area contributed by atoms with E-state index in [-0.39, 0.29) is 53.4 Å². The molecule has 0 radical (unpaired) electrons. The maximum atomic E-state index is 13.0. The summed E-state index contributed by atoms with van der Waals surface area (Å²) in [7, 11) is -0.256. The summed E-state index contributed by atoms with van der Waals surface area (Å²) in [6.45, 7) is 24.7. The lowest BCUT2D eigenvalue weighted by Crippen LogP contribution is -2.47. The quantitative estimate of drug-likeness (QED) is 0.0349. The van der Waals surface area contributed by atoms with Gasteiger partial charge in [0.25, 0.3) is 0 Å². The second-order valence-electron chi connectivity index (χ2n) is 16.9. The molecule has 0 N–H and O–H groups in total. The maximum Gasteiger partial charge on any atom is 0.508 e. The second kappa shape index (κ2) is 23.1. The van der Waals surface area contributed by atoms with Crippen molar-refractivity contribution in [2.75, 3.05) is 27.9 Å². The van der Waals surface area contributed by atoms with Gasteiger partial charge >= 0.3 is 12.1 Å². The zero-order valence-corrected chi connectivity index (χ0v) is 37.6. The molecular formula is C42H70O10Si2. The molecule has 0 aromatic heterocycles. The molecule has 1 rings (SSSR count). The first kappa shape index (κ1) is 49.0. The number of Topliss-reactive ketones (excluding diaryl/α,β-unsaturated/α-hetero) is 1. The summed E-state index contributed by atoms with van der Waals surface area (Å²) < 4.78 is 39.8. The van der Waals surface area contributed by atoms with E-state index in [1.807, 2.05) is 42.5 Å². The molecule has 0 amide bonds. The third-order valence-corrected chi connectivity index (χ3v) is 19.4. The van der Waals surface area contributed by atoms with Crippen LogP contribution in [0.4, 0.5) is 4.79 Å². The molecule has 1 aromatic carbocycles. The van der Waals surface area contributed by atoms with Gasteiger partial charge in [0.05, 0.1) is 46.2 Å². The molecule has 54 heavy (non-hydrogen) atoms. The van der Waals surface area contributed by atoms with Crippen molar-refractivity contribution in [2.45, 2.75) is 142 Å². The zero-order valence-electron chi connectivity index (χ0n) is 35.6. The fourth-order valence-electron chi connectivity index (χ4n) is 4.90. The van der Waals surface area contributed by atoms with Gasteiger partial charge in [0, 0.05) is 6.42 Å². The Kier molecular flexibility index (Phi) is 21.0. The van der Waals surface area contributed by atoms with Crippen molar-refractivity contribution in [3.05, 3.63) is 66.3 Å². The van der Waals surface area contributed by atoms with Crippen LogP contribution in [0.1, 0.15) is 86.1 Å². The number of carbonyl (C=O) groups is 3. The molecule has 0 saturated heterocycles. The van der Waals surface area contributed by atoms with Crippen LogP contribution in [-0.2, 0) is 44.0 Å². The number of rotatable bonds is 23. The molecule has 0 aliphatic carbocycles. The number of benzene rings is 1. The van der Waals surface area contributed by atoms with E-state index in [1.54, 1.807) is 13.2 Å². The monoisotopic (exact) mass is 790 g/mol. The fourth-order valence-corrected chi connectivity index (χ4v) is 7.65. The van der Waals surface area contributed by atoms with E-state index in [0.717, 1.165) is 11.3 Å². The first-order valence-electron chi connectivity index (χ1n) is 18.9. The molecule has 0 bridgehead atoms. The molecule has 0 unspecified atom stereocenters. The Morgan fingerprint density at radius 3 is 1.89 bits per heavy atom. The number of allylic oxidation sites excluding steroid dienone is 3. The molecule has 0 fully saturated rings. The Balaban J connectivity index is 3.29. The molecule has 0 aliphatic heterocycles. The van der Waals surface area contributed by atoms with Crippen LogP contribution in [-0.4, -0.2) is 80.8 Å². The average molecular weight is 791 g/mol. The predicted molar refractivity (Wildman–Crippen MR) is 221 cm³/mol. The zero-order chi connectivity index (χ0) is 41.2. The summed E-state index contributed by atoms with van der Waals surface area (Å²) in [6.07, 6.45) is 12.1. The van der Waals surface area contributed by atoms with Gasteiger partial charge in [0.1, 0.15) is 24.6 Å². The van der Waals surface area contributed by atoms with E-state index >= 15 is 0 Å². The van der Waals surface area contributed by atoms with Crippen LogP contribution in [0.5, 0.6) is 5.75 Å². The SMILES string of the molecule is COC(=O)CC(=O)C[C@@H](C[C@@H](C/C=C/C=C/[C@@H](OCc1ccc(OC)cc1)[C@H](C)C/C=C/COC(=O)OC)O[Si](C)(C)C(C)(C)C)O[Si](C)(C)C(C)(C)C. The molecule has 10 nitrogen and oxygen atoms in total. The van der Waals surface area contributed by atoms with Gasteiger partial charge in [-0.2, -0.15) is 0 Å². The van der Waals surface area contributed by atoms with Crippen LogP contribution < -0.4 is 4.74 Å². The van der Waals surface area contributed by atoms with Gasteiger partial charge in [-0.05, 0) is 79.1 Å². The van der Waals surface area contributed by atoms with Crippen molar-refractivity contribution in [3.63, 3.8) is 0 Å². The van der Waals surface area contributed by atoms with E-state index in [9.17, 15) is 14.4 Å². The van der Waals surface area contributed by atoms with E-state index in [0.29, 0.717) is 25.9 Å². The average Bonchev–Trinajstić information content (AvgIpc) is 3.07. The summed E-state index contributed by atoms with van der Waals surface area (Å²) >= 11 is 0. The van der Waals surface area contributed by atoms with E-state index in [2.05, 4.69) is 91.5 Å². The van der Waals surface area contributed by atoms with Crippen LogP contribution >= 0.6 is 0 Å². The van der Waals surface area contributed by atoms with Crippen LogP contribution in [0.25, 0.3) is 0 Å². The minimum atomic E-state index is -2.27. The normalized spacial score (nSPS) is 15.3. The summed E-state index contributed by atoms with van der Waals surface area (Å²) in [5, 5.41) is -0.0807. The predicted octanol–water partition coefficient (Wildman–Crippen LogP) is 10.1. The molecule has 4 atom stereocenters. The highest BCUT2D eigenvalue weighted by atomic mass is 28.4. The molecular weight excluding hydrogens is 721 g/mol. The summed E-state index contributed by atoms with van der Waals surface area (Å²) in [5.74, 6) is 0.164. The lowest BCUT2D eigenvalue weighted by atomic mass is 9.99. The van der Waals surface area contributed by atoms with Gasteiger partial charge in [-0.3, -0.25) is 9.59 Å². The van der Waals surface area contributed by atoms with Crippen LogP contribution in [0.15, 0.2) is 60.7 Å². The number of carbonyl (C=O) groups excluding carboxylic acids is 3. The molecule has 306 valence electrons. The Morgan fingerprint density at radius 2 is 1.35 bits per heavy atom. The van der Waals surface area contributed by atoms with Crippen molar-refractivity contribution in [1.29, 1.82) is 0 Å². The standard InChI is InChI=1S/C42H70O10Si2/c1-32(20-18-19-27-49-40(45)48-10)38(50-31-33-23-25-35(46-8)26-24-33)22-17-15-16-21-36(51-53(11,12)41(2,3)4)30-37(28-34(43)29-39(44)47-9)52-54(13,14)42(5,6)7/h15-19,22-26,32,36-38H,20-21,27-31H2,1-14H3/b16-15+,19-18+,22-17+/t32-,36-,37+,38-/m1/s1. The van der Waals surface area contributed by atoms with E-state index < -0.39 is 34.9 Å². The Labute approximate surface area is 328 Å². The van der Waals surface area contributed by atoms with Gasteiger partial charge < -0.3 is 32.5 Å². The molecule has 0 spiro atoms. The number of ether oxygens (including phenoxy) is 5. The largest absolute Gasteiger partial charge is 0.508 e. The fraction of sp³-hybridized carbons (Fsp3) is 0.643. The lowest BCUT2D eigenvalue weighted by molar-refractivity contribution is -0.143. The highest BCUT2D eigenvalue weighted by Crippen LogP contribution is 2.40. The molecule has 12 heteroatoms. The summed E-state index contributed by atoms with van der Waals surface area (Å²) in [4.78, 5) is 36.3. The van der Waals surface area contributed by atoms with Crippen molar-refractivity contribution in [1.82, 2.24) is 0 Å². The van der Waals surface area contributed by atoms with Gasteiger partial charge in [-0.15, -0.1) is 0 Å². The first-order chi connectivity index (χ1) is 25.0. The van der Waals surface area contributed by atoms with E-state index in [1.165, 1.54) is 14.2 Å². The van der Waals surface area contributed by atoms with Crippen molar-refractivity contribution >= 4 is 34.5 Å². The Hall–Kier alpha value is -3.04. The third kappa shape index (κ3) is 18.5. The van der Waals surface area contributed by atoms with Gasteiger partial charge in [-0.25, -0.2) is 4.79 Å². The number of methoxy groups -OCH3 is 3. The van der Waals surface area contributed by atoms with E-state index in [4.69, 9.17) is 27.8 Å². The molecule has 1 aromatic rings. The highest BCUT2D eigenvalue weighted by molar-refractivity contribution is 6.74. The second-order valence-corrected chi connectivity index (χ2v) is 26.4. The number of esters is 1.